The molecule has 112 valence electrons. The van der Waals surface area contributed by atoms with Gasteiger partial charge in [-0.25, -0.2) is 4.39 Å². The summed E-state index contributed by atoms with van der Waals surface area (Å²) in [5.74, 6) is -0.0166. The van der Waals surface area contributed by atoms with Gasteiger partial charge in [0.1, 0.15) is 6.10 Å². The highest BCUT2D eigenvalue weighted by Crippen LogP contribution is 2.25. The maximum Gasteiger partial charge on any atom is 0.165 e. The number of nitrogens with one attached hydrogen (secondary N) is 1. The monoisotopic (exact) mass is 287 g/mol. The number of halogens is 1. The van der Waals surface area contributed by atoms with Crippen LogP contribution in [0.1, 0.15) is 31.0 Å². The van der Waals surface area contributed by atoms with E-state index in [2.05, 4.69) is 24.4 Å². The normalized spacial score (nSPS) is 13.7. The maximum absolute atomic E-state index is 13.8. The molecule has 0 radical (unpaired) electrons. The molecule has 2 atom stereocenters. The van der Waals surface area contributed by atoms with Crippen molar-refractivity contribution in [2.24, 2.45) is 0 Å². The zero-order valence-corrected chi connectivity index (χ0v) is 12.8. The van der Waals surface area contributed by atoms with Crippen LogP contribution in [0.4, 0.5) is 4.39 Å². The third kappa shape index (κ3) is 4.05. The number of ether oxygens (including phenoxy) is 1. The van der Waals surface area contributed by atoms with Crippen LogP contribution in [0.2, 0.25) is 0 Å². The maximum atomic E-state index is 13.8. The molecule has 2 aromatic rings. The third-order valence-corrected chi connectivity index (χ3v) is 3.45. The number of aryl methyl sites for hydroxylation is 1. The Bertz CT molecular complexity index is 571. The van der Waals surface area contributed by atoms with Gasteiger partial charge in [0.15, 0.2) is 11.6 Å². The predicted molar refractivity (Wildman–Crippen MR) is 84.1 cm³/mol. The van der Waals surface area contributed by atoms with Crippen molar-refractivity contribution in [2.75, 3.05) is 6.54 Å². The topological polar surface area (TPSA) is 21.3 Å². The summed E-state index contributed by atoms with van der Waals surface area (Å²) in [6.07, 6.45) is -0.177. The van der Waals surface area contributed by atoms with Gasteiger partial charge in [0.25, 0.3) is 0 Å². The lowest BCUT2D eigenvalue weighted by molar-refractivity contribution is 0.164. The van der Waals surface area contributed by atoms with E-state index in [0.717, 1.165) is 17.7 Å². The van der Waals surface area contributed by atoms with Gasteiger partial charge in [-0.15, -0.1) is 0 Å². The molecule has 0 saturated heterocycles. The van der Waals surface area contributed by atoms with E-state index in [1.807, 2.05) is 32.0 Å². The zero-order valence-electron chi connectivity index (χ0n) is 12.8. The molecule has 1 N–H and O–H groups in total. The van der Waals surface area contributed by atoms with E-state index in [9.17, 15) is 4.39 Å². The van der Waals surface area contributed by atoms with Gasteiger partial charge < -0.3 is 10.1 Å². The smallest absolute Gasteiger partial charge is 0.165 e. The van der Waals surface area contributed by atoms with E-state index in [0.29, 0.717) is 5.75 Å². The van der Waals surface area contributed by atoms with Crippen LogP contribution in [0, 0.1) is 12.7 Å². The minimum absolute atomic E-state index is 0.0242. The first-order valence-corrected chi connectivity index (χ1v) is 7.33. The van der Waals surface area contributed by atoms with Gasteiger partial charge in [0.05, 0.1) is 6.04 Å². The summed E-state index contributed by atoms with van der Waals surface area (Å²) >= 11 is 0. The van der Waals surface area contributed by atoms with Crippen molar-refractivity contribution in [3.8, 4) is 5.75 Å². The first-order valence-electron chi connectivity index (χ1n) is 7.33. The van der Waals surface area contributed by atoms with Crippen molar-refractivity contribution in [1.29, 1.82) is 0 Å². The average Bonchev–Trinajstić information content (AvgIpc) is 2.49. The molecule has 0 spiro atoms. The molecule has 0 bridgehead atoms. The molecule has 2 aromatic carbocycles. The standard InChI is InChI=1S/C18H22FNO/c1-4-20-18(15-8-6-5-7-9-15)14(3)21-17-12-13(2)10-11-16(17)19/h5-12,14,18,20H,4H2,1-3H3. The fourth-order valence-electron chi connectivity index (χ4n) is 2.40. The molecule has 0 amide bonds. The van der Waals surface area contributed by atoms with Gasteiger partial charge in [-0.1, -0.05) is 43.3 Å². The number of benzene rings is 2. The van der Waals surface area contributed by atoms with Gasteiger partial charge in [-0.05, 0) is 43.7 Å². The molecule has 2 nitrogen and oxygen atoms in total. The summed E-state index contributed by atoms with van der Waals surface area (Å²) in [5, 5.41) is 3.41. The van der Waals surface area contributed by atoms with Gasteiger partial charge >= 0.3 is 0 Å². The SMILES string of the molecule is CCNC(c1ccccc1)C(C)Oc1cc(C)ccc1F. The molecule has 0 aliphatic rings. The van der Waals surface area contributed by atoms with E-state index in [1.54, 1.807) is 12.1 Å². The van der Waals surface area contributed by atoms with Crippen molar-refractivity contribution in [2.45, 2.75) is 32.9 Å². The van der Waals surface area contributed by atoms with Crippen LogP contribution >= 0.6 is 0 Å². The molecule has 0 aliphatic carbocycles. The Kier molecular flexibility index (Phi) is 5.34. The molecule has 0 aromatic heterocycles. The minimum atomic E-state index is -0.323. The van der Waals surface area contributed by atoms with Crippen molar-refractivity contribution < 1.29 is 9.13 Å². The summed E-state index contributed by atoms with van der Waals surface area (Å²) < 4.78 is 19.7. The number of hydrogen-bond donors (Lipinski definition) is 1. The lowest BCUT2D eigenvalue weighted by Crippen LogP contribution is -2.34. The van der Waals surface area contributed by atoms with E-state index in [4.69, 9.17) is 4.74 Å². The predicted octanol–water partition coefficient (Wildman–Crippen LogP) is 4.25. The molecule has 2 unspecified atom stereocenters. The van der Waals surface area contributed by atoms with Gasteiger partial charge in [-0.2, -0.15) is 0 Å². The first kappa shape index (κ1) is 15.5. The van der Waals surface area contributed by atoms with Crippen LogP contribution in [0.25, 0.3) is 0 Å². The highest BCUT2D eigenvalue weighted by molar-refractivity contribution is 5.30. The highest BCUT2D eigenvalue weighted by Gasteiger charge is 2.21. The van der Waals surface area contributed by atoms with Crippen LogP contribution in [-0.4, -0.2) is 12.6 Å². The molecule has 0 heterocycles. The summed E-state index contributed by atoms with van der Waals surface area (Å²) in [4.78, 5) is 0. The molecular weight excluding hydrogens is 265 g/mol. The molecule has 0 fully saturated rings. The molecule has 0 saturated carbocycles. The Morgan fingerprint density at radius 2 is 1.86 bits per heavy atom. The van der Waals surface area contributed by atoms with Crippen LogP contribution in [-0.2, 0) is 0 Å². The van der Waals surface area contributed by atoms with Crippen molar-refractivity contribution in [1.82, 2.24) is 5.32 Å². The minimum Gasteiger partial charge on any atom is -0.486 e. The lowest BCUT2D eigenvalue weighted by Gasteiger charge is -2.26. The van der Waals surface area contributed by atoms with Gasteiger partial charge in [0, 0.05) is 0 Å². The first-order chi connectivity index (χ1) is 10.1. The molecular formula is C18H22FNO. The summed E-state index contributed by atoms with van der Waals surface area (Å²) in [6.45, 7) is 6.76. The fourth-order valence-corrected chi connectivity index (χ4v) is 2.40. The average molecular weight is 287 g/mol. The van der Waals surface area contributed by atoms with Gasteiger partial charge in [0.2, 0.25) is 0 Å². The highest BCUT2D eigenvalue weighted by atomic mass is 19.1. The van der Waals surface area contributed by atoms with Crippen LogP contribution in [0.3, 0.4) is 0 Å². The Balaban J connectivity index is 2.19. The van der Waals surface area contributed by atoms with E-state index < -0.39 is 0 Å². The molecule has 0 aliphatic heterocycles. The van der Waals surface area contributed by atoms with E-state index in [-0.39, 0.29) is 18.0 Å². The molecule has 21 heavy (non-hydrogen) atoms. The second-order valence-corrected chi connectivity index (χ2v) is 5.20. The number of hydrogen-bond acceptors (Lipinski definition) is 2. The van der Waals surface area contributed by atoms with Gasteiger partial charge in [-0.3, -0.25) is 0 Å². The van der Waals surface area contributed by atoms with Crippen molar-refractivity contribution in [3.63, 3.8) is 0 Å². The Morgan fingerprint density at radius 1 is 1.14 bits per heavy atom. The summed E-state index contributed by atoms with van der Waals surface area (Å²) in [7, 11) is 0. The quantitative estimate of drug-likeness (QED) is 0.857. The van der Waals surface area contributed by atoms with E-state index in [1.165, 1.54) is 6.07 Å². The summed E-state index contributed by atoms with van der Waals surface area (Å²) in [5.41, 5.74) is 2.12. The second kappa shape index (κ2) is 7.23. The van der Waals surface area contributed by atoms with Crippen LogP contribution < -0.4 is 10.1 Å². The van der Waals surface area contributed by atoms with Crippen molar-refractivity contribution in [3.05, 3.63) is 65.5 Å². The number of rotatable bonds is 6. The second-order valence-electron chi connectivity index (χ2n) is 5.20. The van der Waals surface area contributed by atoms with Crippen LogP contribution in [0.15, 0.2) is 48.5 Å². The fraction of sp³-hybridized carbons (Fsp3) is 0.333. The zero-order chi connectivity index (χ0) is 15.2. The Labute approximate surface area is 126 Å². The Morgan fingerprint density at radius 3 is 2.52 bits per heavy atom. The largest absolute Gasteiger partial charge is 0.486 e. The molecule has 2 rings (SSSR count). The Hall–Kier alpha value is -1.87. The summed E-state index contributed by atoms with van der Waals surface area (Å²) in [6, 6.07) is 15.0. The van der Waals surface area contributed by atoms with E-state index >= 15 is 0 Å². The van der Waals surface area contributed by atoms with Crippen molar-refractivity contribution >= 4 is 0 Å². The number of likely N-dealkylation sites (N-methyl/N-ethyl adjacent to an activating group) is 1. The van der Waals surface area contributed by atoms with Crippen LogP contribution in [0.5, 0.6) is 5.75 Å². The molecule has 3 heteroatoms. The lowest BCUT2D eigenvalue weighted by atomic mass is 10.0. The third-order valence-electron chi connectivity index (χ3n) is 3.45.